The molecule has 4 aromatic carbocycles. The van der Waals surface area contributed by atoms with Gasteiger partial charge < -0.3 is 0 Å². The molecule has 1 unspecified atom stereocenters. The van der Waals surface area contributed by atoms with Gasteiger partial charge in [-0.1, -0.05) is 93.6 Å². The summed E-state index contributed by atoms with van der Waals surface area (Å²) in [5.41, 5.74) is 4.66. The molecule has 128 valence electrons. The highest BCUT2D eigenvalue weighted by atomic mass is 14.5. The van der Waals surface area contributed by atoms with Crippen LogP contribution in [-0.4, -0.2) is 0 Å². The first-order valence-corrected chi connectivity index (χ1v) is 9.50. The Morgan fingerprint density at radius 1 is 0.577 bits per heavy atom. The Morgan fingerprint density at radius 2 is 1.12 bits per heavy atom. The highest BCUT2D eigenvalue weighted by molar-refractivity contribution is 5.87. The SMILES string of the molecule is CC1(C)CC(C)(c2ccc3ccccc3c2)c2cc3ccccc3cc21. The number of rotatable bonds is 1. The average molecular weight is 336 g/mol. The molecule has 0 aliphatic heterocycles. The van der Waals surface area contributed by atoms with Gasteiger partial charge in [0.1, 0.15) is 0 Å². The molecule has 0 amide bonds. The minimum atomic E-state index is 0.0485. The second-order valence-corrected chi connectivity index (χ2v) is 8.70. The van der Waals surface area contributed by atoms with Gasteiger partial charge in [-0.15, -0.1) is 0 Å². The van der Waals surface area contributed by atoms with E-state index >= 15 is 0 Å². The molecule has 1 atom stereocenters. The Morgan fingerprint density at radius 3 is 1.77 bits per heavy atom. The topological polar surface area (TPSA) is 0 Å². The van der Waals surface area contributed by atoms with Crippen molar-refractivity contribution in [2.45, 2.75) is 38.0 Å². The number of hydrogen-bond donors (Lipinski definition) is 0. The van der Waals surface area contributed by atoms with Gasteiger partial charge in [0.15, 0.2) is 0 Å². The van der Waals surface area contributed by atoms with Gasteiger partial charge in [0.25, 0.3) is 0 Å². The molecule has 0 radical (unpaired) electrons. The predicted molar refractivity (Wildman–Crippen MR) is 112 cm³/mol. The Balaban J connectivity index is 1.78. The average Bonchev–Trinajstić information content (AvgIpc) is 2.86. The lowest BCUT2D eigenvalue weighted by Gasteiger charge is -2.29. The van der Waals surface area contributed by atoms with Crippen molar-refractivity contribution in [1.82, 2.24) is 0 Å². The molecule has 0 heterocycles. The first kappa shape index (κ1) is 15.6. The maximum absolute atomic E-state index is 2.44. The minimum Gasteiger partial charge on any atom is -0.0616 e. The highest BCUT2D eigenvalue weighted by Crippen LogP contribution is 2.53. The summed E-state index contributed by atoms with van der Waals surface area (Å²) in [6, 6.07) is 29.3. The van der Waals surface area contributed by atoms with Crippen LogP contribution in [0.4, 0.5) is 0 Å². The lowest BCUT2D eigenvalue weighted by Crippen LogP contribution is -2.23. The third kappa shape index (κ3) is 2.15. The van der Waals surface area contributed by atoms with E-state index in [1.807, 2.05) is 0 Å². The zero-order valence-corrected chi connectivity index (χ0v) is 15.7. The van der Waals surface area contributed by atoms with E-state index in [1.54, 1.807) is 0 Å². The molecule has 0 nitrogen and oxygen atoms in total. The molecule has 0 saturated carbocycles. The summed E-state index contributed by atoms with van der Waals surface area (Å²) in [6.45, 7) is 7.22. The molecule has 0 fully saturated rings. The van der Waals surface area contributed by atoms with Crippen molar-refractivity contribution in [2.24, 2.45) is 0 Å². The fourth-order valence-corrected chi connectivity index (χ4v) is 5.12. The van der Waals surface area contributed by atoms with Crippen LogP contribution in [0.15, 0.2) is 78.9 Å². The van der Waals surface area contributed by atoms with Crippen LogP contribution in [0.3, 0.4) is 0 Å². The third-order valence-corrected chi connectivity index (χ3v) is 6.39. The molecule has 0 bridgehead atoms. The maximum atomic E-state index is 2.44. The van der Waals surface area contributed by atoms with E-state index in [0.29, 0.717) is 0 Å². The van der Waals surface area contributed by atoms with E-state index in [2.05, 4.69) is 99.6 Å². The number of hydrogen-bond acceptors (Lipinski definition) is 0. The smallest absolute Gasteiger partial charge is 0.0186 e. The van der Waals surface area contributed by atoms with Gasteiger partial charge in [0.05, 0.1) is 0 Å². The van der Waals surface area contributed by atoms with Gasteiger partial charge in [0, 0.05) is 5.41 Å². The summed E-state index contributed by atoms with van der Waals surface area (Å²) in [4.78, 5) is 0. The summed E-state index contributed by atoms with van der Waals surface area (Å²) < 4.78 is 0. The van der Waals surface area contributed by atoms with E-state index in [9.17, 15) is 0 Å². The van der Waals surface area contributed by atoms with E-state index in [0.717, 1.165) is 6.42 Å². The van der Waals surface area contributed by atoms with Crippen molar-refractivity contribution in [3.05, 3.63) is 95.6 Å². The molecule has 1 aliphatic carbocycles. The zero-order chi connectivity index (χ0) is 17.9. The summed E-state index contributed by atoms with van der Waals surface area (Å²) in [5, 5.41) is 5.34. The van der Waals surface area contributed by atoms with Crippen molar-refractivity contribution in [1.29, 1.82) is 0 Å². The normalized spacial score (nSPS) is 21.2. The lowest BCUT2D eigenvalue weighted by molar-refractivity contribution is 0.425. The van der Waals surface area contributed by atoms with Crippen LogP contribution < -0.4 is 0 Å². The lowest BCUT2D eigenvalue weighted by atomic mass is 9.74. The van der Waals surface area contributed by atoms with Crippen LogP contribution in [0.25, 0.3) is 21.5 Å². The molecule has 0 aromatic heterocycles. The van der Waals surface area contributed by atoms with Gasteiger partial charge >= 0.3 is 0 Å². The fraction of sp³-hybridized carbons (Fsp3) is 0.231. The minimum absolute atomic E-state index is 0.0485. The Bertz CT molecular complexity index is 1150. The zero-order valence-electron chi connectivity index (χ0n) is 15.7. The second kappa shape index (κ2) is 5.20. The monoisotopic (exact) mass is 336 g/mol. The molecular formula is C26H24. The maximum Gasteiger partial charge on any atom is 0.0186 e. The Labute approximate surface area is 155 Å². The molecule has 1 aliphatic rings. The Hall–Kier alpha value is -2.60. The molecule has 0 heteroatoms. The van der Waals surface area contributed by atoms with Crippen molar-refractivity contribution >= 4 is 21.5 Å². The van der Waals surface area contributed by atoms with Crippen LogP contribution in [0.5, 0.6) is 0 Å². The van der Waals surface area contributed by atoms with E-state index in [1.165, 1.54) is 38.2 Å². The first-order valence-electron chi connectivity index (χ1n) is 9.50. The molecular weight excluding hydrogens is 312 g/mol. The van der Waals surface area contributed by atoms with E-state index in [4.69, 9.17) is 0 Å². The molecule has 26 heavy (non-hydrogen) atoms. The summed E-state index contributed by atoms with van der Waals surface area (Å²) in [7, 11) is 0. The molecule has 0 N–H and O–H groups in total. The van der Waals surface area contributed by atoms with E-state index in [-0.39, 0.29) is 10.8 Å². The van der Waals surface area contributed by atoms with Gasteiger partial charge in [-0.3, -0.25) is 0 Å². The van der Waals surface area contributed by atoms with Gasteiger partial charge in [-0.05, 0) is 56.1 Å². The molecule has 0 saturated heterocycles. The summed E-state index contributed by atoms with van der Waals surface area (Å²) in [6.07, 6.45) is 1.14. The van der Waals surface area contributed by atoms with Crippen molar-refractivity contribution in [3.63, 3.8) is 0 Å². The summed E-state index contributed by atoms with van der Waals surface area (Å²) in [5.74, 6) is 0. The van der Waals surface area contributed by atoms with Crippen molar-refractivity contribution in [3.8, 4) is 0 Å². The van der Waals surface area contributed by atoms with Crippen molar-refractivity contribution in [2.75, 3.05) is 0 Å². The van der Waals surface area contributed by atoms with Crippen LogP contribution in [0, 0.1) is 0 Å². The Kier molecular flexibility index (Phi) is 3.13. The number of fused-ring (bicyclic) bond motifs is 3. The van der Waals surface area contributed by atoms with Gasteiger partial charge in [0.2, 0.25) is 0 Å². The van der Waals surface area contributed by atoms with Gasteiger partial charge in [-0.2, -0.15) is 0 Å². The second-order valence-electron chi connectivity index (χ2n) is 8.70. The van der Waals surface area contributed by atoms with Crippen molar-refractivity contribution < 1.29 is 0 Å². The third-order valence-electron chi connectivity index (χ3n) is 6.39. The number of benzene rings is 4. The summed E-state index contributed by atoms with van der Waals surface area (Å²) >= 11 is 0. The van der Waals surface area contributed by atoms with Gasteiger partial charge in [-0.25, -0.2) is 0 Å². The fourth-order valence-electron chi connectivity index (χ4n) is 5.12. The van der Waals surface area contributed by atoms with Crippen LogP contribution in [-0.2, 0) is 10.8 Å². The van der Waals surface area contributed by atoms with Crippen LogP contribution >= 0.6 is 0 Å². The van der Waals surface area contributed by atoms with E-state index < -0.39 is 0 Å². The molecule has 4 aromatic rings. The first-order chi connectivity index (χ1) is 12.5. The largest absolute Gasteiger partial charge is 0.0616 e. The van der Waals surface area contributed by atoms with Crippen LogP contribution in [0.2, 0.25) is 0 Å². The van der Waals surface area contributed by atoms with Crippen LogP contribution in [0.1, 0.15) is 43.9 Å². The quantitative estimate of drug-likeness (QED) is 0.352. The standard InChI is InChI=1S/C26H24/c1-25(2)17-26(3,22-13-12-18-8-4-5-9-19(18)14-22)24-16-21-11-7-6-10-20(21)15-23(24)25/h4-16H,17H2,1-3H3. The molecule has 5 rings (SSSR count). The molecule has 0 spiro atoms. The highest BCUT2D eigenvalue weighted by Gasteiger charge is 2.45. The predicted octanol–water partition coefficient (Wildman–Crippen LogP) is 6.98.